The summed E-state index contributed by atoms with van der Waals surface area (Å²) in [7, 11) is -3.52. The van der Waals surface area contributed by atoms with E-state index in [1.165, 1.54) is 22.6 Å². The second-order valence-corrected chi connectivity index (χ2v) is 6.40. The Labute approximate surface area is 111 Å². The molecular weight excluding hydrogens is 262 g/mol. The maximum atomic E-state index is 12.5. The van der Waals surface area contributed by atoms with Gasteiger partial charge in [-0.05, 0) is 17.2 Å². The molecule has 0 fully saturated rings. The minimum atomic E-state index is -3.52. The second kappa shape index (κ2) is 4.32. The van der Waals surface area contributed by atoms with Gasteiger partial charge in [-0.2, -0.15) is 4.31 Å². The number of sulfonamides is 1. The molecule has 0 unspecified atom stereocenters. The van der Waals surface area contributed by atoms with Crippen LogP contribution < -0.4 is 5.73 Å². The number of anilines is 1. The first-order valence-electron chi connectivity index (χ1n) is 5.86. The summed E-state index contributed by atoms with van der Waals surface area (Å²) in [6.45, 7) is 0.807. The highest BCUT2D eigenvalue weighted by Gasteiger charge is 2.30. The zero-order chi connectivity index (χ0) is 13.5. The van der Waals surface area contributed by atoms with Crippen LogP contribution in [-0.2, 0) is 23.1 Å². The largest absolute Gasteiger partial charge is 0.384 e. The molecule has 1 aromatic carbocycles. The van der Waals surface area contributed by atoms with Gasteiger partial charge in [0.1, 0.15) is 5.82 Å². The van der Waals surface area contributed by atoms with E-state index in [0.717, 1.165) is 11.1 Å². The van der Waals surface area contributed by atoms with Crippen LogP contribution in [0.25, 0.3) is 0 Å². The van der Waals surface area contributed by atoms with E-state index in [1.807, 2.05) is 24.3 Å². The number of benzene rings is 1. The molecule has 0 saturated carbocycles. The topological polar surface area (TPSA) is 76.3 Å². The van der Waals surface area contributed by atoms with Crippen molar-refractivity contribution in [2.45, 2.75) is 18.0 Å². The molecule has 5 nitrogen and oxygen atoms in total. The van der Waals surface area contributed by atoms with Crippen molar-refractivity contribution >= 4 is 15.8 Å². The first-order chi connectivity index (χ1) is 9.07. The molecular formula is C13H13N3O2S. The van der Waals surface area contributed by atoms with Gasteiger partial charge in [0.2, 0.25) is 10.0 Å². The van der Waals surface area contributed by atoms with Crippen LogP contribution in [0, 0.1) is 0 Å². The van der Waals surface area contributed by atoms with E-state index in [0.29, 0.717) is 13.1 Å². The predicted octanol–water partition coefficient (Wildman–Crippen LogP) is 1.37. The summed E-state index contributed by atoms with van der Waals surface area (Å²) in [6, 6.07) is 10.6. The number of rotatable bonds is 2. The van der Waals surface area contributed by atoms with Crippen molar-refractivity contribution in [1.82, 2.24) is 9.29 Å². The summed E-state index contributed by atoms with van der Waals surface area (Å²) in [5, 5.41) is 0. The Hall–Kier alpha value is -1.92. The van der Waals surface area contributed by atoms with Crippen LogP contribution in [-0.4, -0.2) is 17.7 Å². The number of nitrogen functional groups attached to an aromatic ring is 1. The van der Waals surface area contributed by atoms with E-state index in [2.05, 4.69) is 4.98 Å². The number of pyridine rings is 1. The molecule has 1 aromatic heterocycles. The zero-order valence-electron chi connectivity index (χ0n) is 10.2. The molecule has 0 saturated heterocycles. The number of hydrogen-bond acceptors (Lipinski definition) is 4. The normalized spacial score (nSPS) is 15.4. The van der Waals surface area contributed by atoms with Crippen molar-refractivity contribution in [3.05, 3.63) is 53.7 Å². The summed E-state index contributed by atoms with van der Waals surface area (Å²) in [4.78, 5) is 4.00. The molecule has 2 N–H and O–H groups in total. The van der Waals surface area contributed by atoms with Gasteiger partial charge in [0, 0.05) is 25.4 Å². The van der Waals surface area contributed by atoms with Gasteiger partial charge in [-0.1, -0.05) is 24.3 Å². The molecule has 98 valence electrons. The molecule has 3 rings (SSSR count). The van der Waals surface area contributed by atoms with E-state index in [9.17, 15) is 8.42 Å². The summed E-state index contributed by atoms with van der Waals surface area (Å²) in [6.07, 6.45) is 1.41. The number of nitrogens with zero attached hydrogens (tertiary/aromatic N) is 2. The van der Waals surface area contributed by atoms with Crippen LogP contribution >= 0.6 is 0 Å². The monoisotopic (exact) mass is 275 g/mol. The third kappa shape index (κ3) is 2.09. The Balaban J connectivity index is 1.96. The first kappa shape index (κ1) is 12.1. The Morgan fingerprint density at radius 1 is 1.11 bits per heavy atom. The second-order valence-electron chi connectivity index (χ2n) is 4.46. The van der Waals surface area contributed by atoms with E-state index < -0.39 is 10.0 Å². The molecule has 0 aliphatic carbocycles. The van der Waals surface area contributed by atoms with Crippen molar-refractivity contribution in [2.75, 3.05) is 5.73 Å². The smallest absolute Gasteiger partial charge is 0.243 e. The lowest BCUT2D eigenvalue weighted by Crippen LogP contribution is -2.25. The molecule has 0 atom stereocenters. The standard InChI is InChI=1S/C13H13N3O2S/c14-13-7-12(5-6-15-13)19(17,18)16-8-10-3-1-2-4-11(10)9-16/h1-7H,8-9H2,(H2,14,15). The molecule has 0 bridgehead atoms. The molecule has 19 heavy (non-hydrogen) atoms. The minimum Gasteiger partial charge on any atom is -0.384 e. The zero-order valence-corrected chi connectivity index (χ0v) is 11.0. The highest BCUT2D eigenvalue weighted by molar-refractivity contribution is 7.89. The minimum absolute atomic E-state index is 0.188. The summed E-state index contributed by atoms with van der Waals surface area (Å²) in [5.74, 6) is 0.206. The van der Waals surface area contributed by atoms with Crippen LogP contribution in [0.5, 0.6) is 0 Å². The number of aromatic nitrogens is 1. The Kier molecular flexibility index (Phi) is 2.76. The van der Waals surface area contributed by atoms with Gasteiger partial charge in [0.15, 0.2) is 0 Å². The lowest BCUT2D eigenvalue weighted by molar-refractivity contribution is 0.431. The maximum Gasteiger partial charge on any atom is 0.243 e. The van der Waals surface area contributed by atoms with Crippen molar-refractivity contribution in [3.8, 4) is 0 Å². The van der Waals surface area contributed by atoms with Crippen molar-refractivity contribution < 1.29 is 8.42 Å². The lowest BCUT2D eigenvalue weighted by Gasteiger charge is -2.15. The van der Waals surface area contributed by atoms with Gasteiger partial charge < -0.3 is 5.73 Å². The molecule has 1 aliphatic rings. The van der Waals surface area contributed by atoms with Crippen LogP contribution in [0.2, 0.25) is 0 Å². The number of fused-ring (bicyclic) bond motifs is 1. The molecule has 0 radical (unpaired) electrons. The summed E-state index contributed by atoms with van der Waals surface area (Å²) < 4.78 is 26.4. The maximum absolute atomic E-state index is 12.5. The quantitative estimate of drug-likeness (QED) is 0.898. The molecule has 0 amide bonds. The first-order valence-corrected chi connectivity index (χ1v) is 7.30. The van der Waals surface area contributed by atoms with Crippen molar-refractivity contribution in [2.24, 2.45) is 0 Å². The Morgan fingerprint density at radius 2 is 1.74 bits per heavy atom. The molecule has 1 aliphatic heterocycles. The predicted molar refractivity (Wildman–Crippen MR) is 71.5 cm³/mol. The molecule has 2 aromatic rings. The third-order valence-electron chi connectivity index (χ3n) is 3.20. The van der Waals surface area contributed by atoms with Gasteiger partial charge in [-0.25, -0.2) is 13.4 Å². The average Bonchev–Trinajstić information content (AvgIpc) is 2.83. The fourth-order valence-corrected chi connectivity index (χ4v) is 3.63. The van der Waals surface area contributed by atoms with E-state index in [1.54, 1.807) is 0 Å². The van der Waals surface area contributed by atoms with Gasteiger partial charge in [-0.15, -0.1) is 0 Å². The van der Waals surface area contributed by atoms with Gasteiger partial charge in [-0.3, -0.25) is 0 Å². The summed E-state index contributed by atoms with van der Waals surface area (Å²) in [5.41, 5.74) is 7.64. The van der Waals surface area contributed by atoms with E-state index in [-0.39, 0.29) is 10.7 Å². The van der Waals surface area contributed by atoms with Crippen LogP contribution in [0.1, 0.15) is 11.1 Å². The number of hydrogen-bond donors (Lipinski definition) is 1. The number of nitrogens with two attached hydrogens (primary N) is 1. The van der Waals surface area contributed by atoms with Gasteiger partial charge in [0.05, 0.1) is 4.90 Å². The average molecular weight is 275 g/mol. The van der Waals surface area contributed by atoms with Crippen molar-refractivity contribution in [1.29, 1.82) is 0 Å². The van der Waals surface area contributed by atoms with Crippen LogP contribution in [0.15, 0.2) is 47.5 Å². The van der Waals surface area contributed by atoms with Crippen molar-refractivity contribution in [3.63, 3.8) is 0 Å². The summed E-state index contributed by atoms with van der Waals surface area (Å²) >= 11 is 0. The van der Waals surface area contributed by atoms with E-state index >= 15 is 0 Å². The highest BCUT2D eigenvalue weighted by atomic mass is 32.2. The van der Waals surface area contributed by atoms with Gasteiger partial charge in [0.25, 0.3) is 0 Å². The lowest BCUT2D eigenvalue weighted by atomic mass is 10.1. The Bertz CT molecular complexity index is 703. The Morgan fingerprint density at radius 3 is 2.32 bits per heavy atom. The fraction of sp³-hybridized carbons (Fsp3) is 0.154. The molecule has 0 spiro atoms. The fourth-order valence-electron chi connectivity index (χ4n) is 2.21. The van der Waals surface area contributed by atoms with Crippen LogP contribution in [0.3, 0.4) is 0 Å². The molecule has 6 heteroatoms. The van der Waals surface area contributed by atoms with E-state index in [4.69, 9.17) is 5.73 Å². The van der Waals surface area contributed by atoms with Crippen LogP contribution in [0.4, 0.5) is 5.82 Å². The SMILES string of the molecule is Nc1cc(S(=O)(=O)N2Cc3ccccc3C2)ccn1. The highest BCUT2D eigenvalue weighted by Crippen LogP contribution is 2.28. The third-order valence-corrected chi connectivity index (χ3v) is 4.99. The molecule has 2 heterocycles. The van der Waals surface area contributed by atoms with Gasteiger partial charge >= 0.3 is 0 Å².